The molecule has 0 spiro atoms. The van der Waals surface area contributed by atoms with E-state index < -0.39 is 4.92 Å². The molecule has 0 heterocycles. The number of hydrogen-bond acceptors (Lipinski definition) is 4. The predicted octanol–water partition coefficient (Wildman–Crippen LogP) is 5.07. The lowest BCUT2D eigenvalue weighted by Gasteiger charge is -2.06. The first kappa shape index (κ1) is 18.1. The second-order valence-corrected chi connectivity index (χ2v) is 5.84. The first-order valence-electron chi connectivity index (χ1n) is 8.35. The van der Waals surface area contributed by atoms with Gasteiger partial charge in [-0.2, -0.15) is 0 Å². The Balaban J connectivity index is 1.58. The molecule has 5 heteroatoms. The molecule has 0 saturated carbocycles. The Hall–Kier alpha value is -3.73. The third-order valence-corrected chi connectivity index (χ3v) is 3.92. The van der Waals surface area contributed by atoms with E-state index in [2.05, 4.69) is 0 Å². The highest BCUT2D eigenvalue weighted by Gasteiger charge is 2.07. The van der Waals surface area contributed by atoms with Crippen LogP contribution in [0.1, 0.15) is 21.5 Å². The third kappa shape index (κ3) is 5.12. The van der Waals surface area contributed by atoms with Crippen LogP contribution < -0.4 is 4.74 Å². The minimum atomic E-state index is -0.495. The Morgan fingerprint density at radius 1 is 0.926 bits per heavy atom. The van der Waals surface area contributed by atoms with Gasteiger partial charge in [0.15, 0.2) is 5.78 Å². The van der Waals surface area contributed by atoms with E-state index in [-0.39, 0.29) is 11.5 Å². The summed E-state index contributed by atoms with van der Waals surface area (Å²) >= 11 is 0. The van der Waals surface area contributed by atoms with Gasteiger partial charge in [-0.15, -0.1) is 0 Å². The average Bonchev–Trinajstić information content (AvgIpc) is 2.72. The van der Waals surface area contributed by atoms with Gasteiger partial charge in [0.25, 0.3) is 5.69 Å². The summed E-state index contributed by atoms with van der Waals surface area (Å²) in [5.74, 6) is 0.534. The maximum Gasteiger partial charge on any atom is 0.269 e. The number of nitro benzene ring substituents is 1. The van der Waals surface area contributed by atoms with Crippen LogP contribution in [0.3, 0.4) is 0 Å². The van der Waals surface area contributed by atoms with Gasteiger partial charge in [-0.05, 0) is 41.5 Å². The molecule has 134 valence electrons. The number of nitrogens with zero attached hydrogens (tertiary/aromatic N) is 1. The molecular formula is C22H17NO4. The van der Waals surface area contributed by atoms with E-state index in [1.807, 2.05) is 54.6 Å². The number of ketones is 1. The molecule has 0 saturated heterocycles. The minimum absolute atomic E-state index is 0.0402. The Morgan fingerprint density at radius 2 is 1.59 bits per heavy atom. The van der Waals surface area contributed by atoms with Crippen molar-refractivity contribution in [3.05, 3.63) is 112 Å². The molecular weight excluding hydrogens is 342 g/mol. The van der Waals surface area contributed by atoms with E-state index >= 15 is 0 Å². The first-order valence-corrected chi connectivity index (χ1v) is 8.35. The van der Waals surface area contributed by atoms with Crippen LogP contribution in [0, 0.1) is 10.1 Å². The summed E-state index contributed by atoms with van der Waals surface area (Å²) in [6, 6.07) is 22.8. The van der Waals surface area contributed by atoms with Crippen molar-refractivity contribution in [1.82, 2.24) is 0 Å². The van der Waals surface area contributed by atoms with Crippen molar-refractivity contribution in [3.63, 3.8) is 0 Å². The second-order valence-electron chi connectivity index (χ2n) is 5.84. The first-order chi connectivity index (χ1) is 13.1. The van der Waals surface area contributed by atoms with Crippen LogP contribution in [0.5, 0.6) is 5.75 Å². The molecule has 0 amide bonds. The molecule has 27 heavy (non-hydrogen) atoms. The fourth-order valence-electron chi connectivity index (χ4n) is 2.43. The van der Waals surface area contributed by atoms with E-state index in [1.54, 1.807) is 6.08 Å². The quantitative estimate of drug-likeness (QED) is 0.256. The molecule has 0 fully saturated rings. The molecule has 0 aromatic heterocycles. The fraction of sp³-hybridized carbons (Fsp3) is 0.0455. The monoisotopic (exact) mass is 359 g/mol. The molecule has 0 N–H and O–H groups in total. The number of carbonyl (C=O) groups excluding carboxylic acids is 1. The molecule has 0 aliphatic heterocycles. The standard InChI is InChI=1S/C22H17NO4/c24-22(19-9-11-20(12-10-19)23(25)26)15-8-17-6-13-21(14-7-17)27-16-18-4-2-1-3-5-18/h1-15H,16H2. The van der Waals surface area contributed by atoms with Gasteiger partial charge in [-0.25, -0.2) is 0 Å². The van der Waals surface area contributed by atoms with E-state index in [1.165, 1.54) is 30.3 Å². The summed E-state index contributed by atoms with van der Waals surface area (Å²) in [4.78, 5) is 22.3. The minimum Gasteiger partial charge on any atom is -0.489 e. The van der Waals surface area contributed by atoms with Crippen LogP contribution in [-0.2, 0) is 6.61 Å². The van der Waals surface area contributed by atoms with Gasteiger partial charge in [-0.1, -0.05) is 48.5 Å². The van der Waals surface area contributed by atoms with Crippen LogP contribution in [0.4, 0.5) is 5.69 Å². The lowest BCUT2D eigenvalue weighted by molar-refractivity contribution is -0.384. The molecule has 0 unspecified atom stereocenters. The number of rotatable bonds is 7. The van der Waals surface area contributed by atoms with E-state index in [0.717, 1.165) is 16.9 Å². The Morgan fingerprint density at radius 3 is 2.22 bits per heavy atom. The summed E-state index contributed by atoms with van der Waals surface area (Å²) in [6.07, 6.45) is 3.14. The number of benzene rings is 3. The van der Waals surface area contributed by atoms with Crippen LogP contribution in [0.15, 0.2) is 84.9 Å². The van der Waals surface area contributed by atoms with Crippen molar-refractivity contribution >= 4 is 17.5 Å². The number of non-ortho nitro benzene ring substituents is 1. The Labute approximate surface area is 156 Å². The Bertz CT molecular complexity index is 946. The average molecular weight is 359 g/mol. The highest BCUT2D eigenvalue weighted by molar-refractivity contribution is 6.06. The SMILES string of the molecule is O=C(C=Cc1ccc(OCc2ccccc2)cc1)c1ccc([N+](=O)[O-])cc1. The number of hydrogen-bond donors (Lipinski definition) is 0. The molecule has 3 aromatic rings. The van der Waals surface area contributed by atoms with Gasteiger partial charge in [-0.3, -0.25) is 14.9 Å². The van der Waals surface area contributed by atoms with Crippen LogP contribution in [-0.4, -0.2) is 10.7 Å². The van der Waals surface area contributed by atoms with Crippen LogP contribution in [0.25, 0.3) is 6.08 Å². The van der Waals surface area contributed by atoms with Gasteiger partial charge in [0, 0.05) is 17.7 Å². The van der Waals surface area contributed by atoms with Crippen molar-refractivity contribution in [2.24, 2.45) is 0 Å². The molecule has 5 nitrogen and oxygen atoms in total. The van der Waals surface area contributed by atoms with E-state index in [9.17, 15) is 14.9 Å². The maximum absolute atomic E-state index is 12.1. The molecule has 0 aliphatic carbocycles. The number of carbonyl (C=O) groups is 1. The van der Waals surface area contributed by atoms with Crippen molar-refractivity contribution in [2.45, 2.75) is 6.61 Å². The molecule has 3 rings (SSSR count). The number of allylic oxidation sites excluding steroid dienone is 1. The molecule has 0 radical (unpaired) electrons. The van der Waals surface area contributed by atoms with Crippen molar-refractivity contribution in [3.8, 4) is 5.75 Å². The van der Waals surface area contributed by atoms with Crippen molar-refractivity contribution in [1.29, 1.82) is 0 Å². The zero-order valence-corrected chi connectivity index (χ0v) is 14.4. The van der Waals surface area contributed by atoms with E-state index in [0.29, 0.717) is 12.2 Å². The predicted molar refractivity (Wildman–Crippen MR) is 104 cm³/mol. The lowest BCUT2D eigenvalue weighted by Crippen LogP contribution is -1.95. The zero-order valence-electron chi connectivity index (χ0n) is 14.4. The zero-order chi connectivity index (χ0) is 19.1. The van der Waals surface area contributed by atoms with Crippen LogP contribution in [0.2, 0.25) is 0 Å². The summed E-state index contributed by atoms with van der Waals surface area (Å²) in [6.45, 7) is 0.495. The lowest BCUT2D eigenvalue weighted by atomic mass is 10.1. The largest absolute Gasteiger partial charge is 0.489 e. The number of nitro groups is 1. The fourth-order valence-corrected chi connectivity index (χ4v) is 2.43. The third-order valence-electron chi connectivity index (χ3n) is 3.92. The number of ether oxygens (including phenoxy) is 1. The van der Waals surface area contributed by atoms with Gasteiger partial charge in [0.1, 0.15) is 12.4 Å². The Kier molecular flexibility index (Phi) is 5.74. The van der Waals surface area contributed by atoms with Gasteiger partial charge < -0.3 is 4.74 Å². The smallest absolute Gasteiger partial charge is 0.269 e. The molecule has 0 bridgehead atoms. The highest BCUT2D eigenvalue weighted by atomic mass is 16.6. The van der Waals surface area contributed by atoms with Gasteiger partial charge >= 0.3 is 0 Å². The topological polar surface area (TPSA) is 69.4 Å². The summed E-state index contributed by atoms with van der Waals surface area (Å²) in [5, 5.41) is 10.6. The maximum atomic E-state index is 12.1. The molecule has 0 aliphatic rings. The molecule has 0 atom stereocenters. The van der Waals surface area contributed by atoms with Gasteiger partial charge in [0.05, 0.1) is 4.92 Å². The summed E-state index contributed by atoms with van der Waals surface area (Å²) < 4.78 is 5.73. The van der Waals surface area contributed by atoms with Crippen molar-refractivity contribution in [2.75, 3.05) is 0 Å². The van der Waals surface area contributed by atoms with Gasteiger partial charge in [0.2, 0.25) is 0 Å². The summed E-state index contributed by atoms with van der Waals surface area (Å²) in [7, 11) is 0. The molecule has 3 aromatic carbocycles. The summed E-state index contributed by atoms with van der Waals surface area (Å²) in [5.41, 5.74) is 2.31. The highest BCUT2D eigenvalue weighted by Crippen LogP contribution is 2.16. The second kappa shape index (κ2) is 8.58. The van der Waals surface area contributed by atoms with Crippen molar-refractivity contribution < 1.29 is 14.5 Å². The van der Waals surface area contributed by atoms with E-state index in [4.69, 9.17) is 4.74 Å². The normalized spacial score (nSPS) is 10.7. The van der Waals surface area contributed by atoms with Crippen LogP contribution >= 0.6 is 0 Å².